The Morgan fingerprint density at radius 1 is 1.19 bits per heavy atom. The van der Waals surface area contributed by atoms with Crippen LogP contribution in [-0.4, -0.2) is 39.4 Å². The van der Waals surface area contributed by atoms with Gasteiger partial charge in [-0.2, -0.15) is 0 Å². The number of nitrogens with one attached hydrogen (secondary N) is 1. The molecule has 0 spiro atoms. The zero-order chi connectivity index (χ0) is 19.3. The molecule has 8 heteroatoms. The minimum absolute atomic E-state index is 0.0840. The van der Waals surface area contributed by atoms with E-state index in [0.29, 0.717) is 11.3 Å². The number of hydrogen-bond acceptors (Lipinski definition) is 5. The fraction of sp³-hybridized carbons (Fsp3) is 0.421. The number of sulfonamides is 1. The van der Waals surface area contributed by atoms with Crippen molar-refractivity contribution in [2.75, 3.05) is 20.2 Å². The van der Waals surface area contributed by atoms with Crippen molar-refractivity contribution in [3.05, 3.63) is 46.8 Å². The summed E-state index contributed by atoms with van der Waals surface area (Å²) in [5.41, 5.74) is 1.19. The van der Waals surface area contributed by atoms with Crippen LogP contribution in [0.4, 0.5) is 0 Å². The van der Waals surface area contributed by atoms with Gasteiger partial charge in [0.1, 0.15) is 9.96 Å². The summed E-state index contributed by atoms with van der Waals surface area (Å²) < 4.78 is 33.2. The summed E-state index contributed by atoms with van der Waals surface area (Å²) in [5.74, 6) is 0.544. The van der Waals surface area contributed by atoms with Gasteiger partial charge in [-0.25, -0.2) is 13.1 Å². The van der Waals surface area contributed by atoms with E-state index in [1.54, 1.807) is 18.6 Å². The number of hydrogen-bond donors (Lipinski definition) is 1. The Morgan fingerprint density at radius 2 is 1.89 bits per heavy atom. The lowest BCUT2D eigenvalue weighted by molar-refractivity contribution is 0.0762. The summed E-state index contributed by atoms with van der Waals surface area (Å²) in [6, 6.07) is 8.73. The number of para-hydroxylation sites is 1. The van der Waals surface area contributed by atoms with Gasteiger partial charge < -0.3 is 9.64 Å². The second-order valence-electron chi connectivity index (χ2n) is 6.50. The first kappa shape index (κ1) is 19.9. The molecule has 1 saturated heterocycles. The van der Waals surface area contributed by atoms with Crippen LogP contribution in [-0.2, 0) is 16.6 Å². The van der Waals surface area contributed by atoms with Crippen molar-refractivity contribution >= 4 is 27.3 Å². The first-order valence-electron chi connectivity index (χ1n) is 9.00. The van der Waals surface area contributed by atoms with Crippen LogP contribution in [0, 0.1) is 0 Å². The molecule has 27 heavy (non-hydrogen) atoms. The Hall–Kier alpha value is -1.90. The Morgan fingerprint density at radius 3 is 2.59 bits per heavy atom. The van der Waals surface area contributed by atoms with Gasteiger partial charge in [-0.3, -0.25) is 4.79 Å². The summed E-state index contributed by atoms with van der Waals surface area (Å²) in [4.78, 5) is 14.5. The first-order valence-corrected chi connectivity index (χ1v) is 11.4. The Bertz CT molecular complexity index is 885. The maximum Gasteiger partial charge on any atom is 0.254 e. The van der Waals surface area contributed by atoms with E-state index in [-0.39, 0.29) is 16.7 Å². The molecule has 2 aromatic rings. The molecule has 0 saturated carbocycles. The smallest absolute Gasteiger partial charge is 0.254 e. The number of ether oxygens (including phenoxy) is 1. The topological polar surface area (TPSA) is 75.7 Å². The van der Waals surface area contributed by atoms with Gasteiger partial charge in [0.2, 0.25) is 10.0 Å². The highest BCUT2D eigenvalue weighted by atomic mass is 32.2. The monoisotopic (exact) mass is 408 g/mol. The molecule has 1 aromatic carbocycles. The number of rotatable bonds is 6. The van der Waals surface area contributed by atoms with Crippen LogP contribution < -0.4 is 9.46 Å². The summed E-state index contributed by atoms with van der Waals surface area (Å²) in [5, 5.41) is 1.63. The average Bonchev–Trinajstić information content (AvgIpc) is 3.03. The largest absolute Gasteiger partial charge is 0.496 e. The lowest BCUT2D eigenvalue weighted by Gasteiger charge is -2.19. The Labute approximate surface area is 164 Å². The molecule has 0 radical (unpaired) electrons. The summed E-state index contributed by atoms with van der Waals surface area (Å²) >= 11 is 1.07. The highest BCUT2D eigenvalue weighted by Gasteiger charge is 2.23. The maximum absolute atomic E-state index is 12.7. The number of thiophene rings is 1. The molecule has 1 amide bonds. The van der Waals surface area contributed by atoms with Gasteiger partial charge in [-0.15, -0.1) is 11.3 Å². The van der Waals surface area contributed by atoms with Crippen molar-refractivity contribution < 1.29 is 17.9 Å². The Balaban J connectivity index is 1.69. The molecule has 2 heterocycles. The van der Waals surface area contributed by atoms with Crippen molar-refractivity contribution in [2.45, 2.75) is 36.4 Å². The highest BCUT2D eigenvalue weighted by Crippen LogP contribution is 2.24. The molecule has 1 fully saturated rings. The van der Waals surface area contributed by atoms with Crippen LogP contribution in [0.5, 0.6) is 5.75 Å². The number of amides is 1. The molecular weight excluding hydrogens is 384 g/mol. The number of carbonyl (C=O) groups is 1. The van der Waals surface area contributed by atoms with Gasteiger partial charge in [0, 0.05) is 30.6 Å². The normalized spacial score (nSPS) is 15.4. The van der Waals surface area contributed by atoms with E-state index in [2.05, 4.69) is 4.72 Å². The van der Waals surface area contributed by atoms with E-state index in [0.717, 1.165) is 55.7 Å². The fourth-order valence-corrected chi connectivity index (χ4v) is 5.32. The predicted octanol–water partition coefficient (Wildman–Crippen LogP) is 3.25. The van der Waals surface area contributed by atoms with E-state index < -0.39 is 10.0 Å². The third-order valence-corrected chi connectivity index (χ3v) is 7.47. The van der Waals surface area contributed by atoms with Gasteiger partial charge in [-0.05, 0) is 25.0 Å². The number of benzene rings is 1. The molecule has 3 rings (SSSR count). The van der Waals surface area contributed by atoms with Crippen LogP contribution >= 0.6 is 11.3 Å². The second-order valence-corrected chi connectivity index (χ2v) is 9.40. The lowest BCUT2D eigenvalue weighted by Crippen LogP contribution is -2.31. The van der Waals surface area contributed by atoms with Gasteiger partial charge in [0.15, 0.2) is 0 Å². The zero-order valence-corrected chi connectivity index (χ0v) is 16.9. The Kier molecular flexibility index (Phi) is 6.51. The SMILES string of the molecule is COc1ccccc1CNS(=O)(=O)c1cc(C(=O)N2CCCCCC2)cs1. The van der Waals surface area contributed by atoms with Gasteiger partial charge in [0.25, 0.3) is 5.91 Å². The van der Waals surface area contributed by atoms with Crippen LogP contribution in [0.25, 0.3) is 0 Å². The van der Waals surface area contributed by atoms with Crippen LogP contribution in [0.2, 0.25) is 0 Å². The fourth-order valence-electron chi connectivity index (χ4n) is 3.12. The molecule has 0 atom stereocenters. The van der Waals surface area contributed by atoms with Crippen LogP contribution in [0.3, 0.4) is 0 Å². The number of carbonyl (C=O) groups excluding carboxylic acids is 1. The summed E-state index contributed by atoms with van der Waals surface area (Å²) in [7, 11) is -2.14. The van der Waals surface area contributed by atoms with E-state index in [4.69, 9.17) is 4.74 Å². The molecule has 146 valence electrons. The molecule has 0 unspecified atom stereocenters. The van der Waals surface area contributed by atoms with Gasteiger partial charge in [0.05, 0.1) is 12.7 Å². The van der Waals surface area contributed by atoms with E-state index in [9.17, 15) is 13.2 Å². The standard InChI is InChI=1S/C19H24N2O4S2/c1-25-17-9-5-4-8-15(17)13-20-27(23,24)18-12-16(14-26-18)19(22)21-10-6-2-3-7-11-21/h4-5,8-9,12,14,20H,2-3,6-7,10-11,13H2,1H3. The predicted molar refractivity (Wildman–Crippen MR) is 106 cm³/mol. The highest BCUT2D eigenvalue weighted by molar-refractivity contribution is 7.91. The molecule has 1 aliphatic rings. The molecule has 1 aromatic heterocycles. The maximum atomic E-state index is 12.7. The molecule has 1 aliphatic heterocycles. The van der Waals surface area contributed by atoms with Crippen molar-refractivity contribution in [1.82, 2.24) is 9.62 Å². The van der Waals surface area contributed by atoms with Crippen molar-refractivity contribution in [2.24, 2.45) is 0 Å². The molecule has 1 N–H and O–H groups in total. The van der Waals surface area contributed by atoms with Crippen LogP contribution in [0.1, 0.15) is 41.6 Å². The lowest BCUT2D eigenvalue weighted by atomic mass is 10.2. The first-order chi connectivity index (χ1) is 13.0. The summed E-state index contributed by atoms with van der Waals surface area (Å²) in [6.07, 6.45) is 4.28. The van der Waals surface area contributed by atoms with Gasteiger partial charge in [-0.1, -0.05) is 31.0 Å². The van der Waals surface area contributed by atoms with Crippen molar-refractivity contribution in [3.63, 3.8) is 0 Å². The van der Waals surface area contributed by atoms with E-state index >= 15 is 0 Å². The molecular formula is C19H24N2O4S2. The zero-order valence-electron chi connectivity index (χ0n) is 15.3. The summed E-state index contributed by atoms with van der Waals surface area (Å²) in [6.45, 7) is 1.60. The van der Waals surface area contributed by atoms with Crippen molar-refractivity contribution in [3.8, 4) is 5.75 Å². The van der Waals surface area contributed by atoms with Gasteiger partial charge >= 0.3 is 0 Å². The third-order valence-electron chi connectivity index (χ3n) is 4.63. The second kappa shape index (κ2) is 8.86. The van der Waals surface area contributed by atoms with E-state index in [1.165, 1.54) is 6.07 Å². The molecule has 0 bridgehead atoms. The quantitative estimate of drug-likeness (QED) is 0.796. The minimum atomic E-state index is -3.69. The number of methoxy groups -OCH3 is 1. The average molecular weight is 409 g/mol. The number of likely N-dealkylation sites (tertiary alicyclic amines) is 1. The molecule has 0 aliphatic carbocycles. The molecule has 6 nitrogen and oxygen atoms in total. The third kappa shape index (κ3) is 4.88. The van der Waals surface area contributed by atoms with Crippen LogP contribution in [0.15, 0.2) is 39.9 Å². The minimum Gasteiger partial charge on any atom is -0.496 e. The van der Waals surface area contributed by atoms with Crippen molar-refractivity contribution in [1.29, 1.82) is 0 Å². The number of nitrogens with zero attached hydrogens (tertiary/aromatic N) is 1. The van der Waals surface area contributed by atoms with E-state index in [1.807, 2.05) is 23.1 Å².